The molecule has 1 N–H and O–H groups in total. The summed E-state index contributed by atoms with van der Waals surface area (Å²) in [5.74, 6) is -0.263. The zero-order valence-corrected chi connectivity index (χ0v) is 13.3. The summed E-state index contributed by atoms with van der Waals surface area (Å²) in [7, 11) is 0. The molecule has 4 nitrogen and oxygen atoms in total. The Morgan fingerprint density at radius 1 is 1.45 bits per heavy atom. The fourth-order valence-corrected chi connectivity index (χ4v) is 3.38. The SMILES string of the molecule is CCCC(C)NC(=O)c1cn2c3c(cccc3c1=O)CC2C. The zero-order valence-electron chi connectivity index (χ0n) is 13.3. The van der Waals surface area contributed by atoms with Gasteiger partial charge in [0.15, 0.2) is 0 Å². The van der Waals surface area contributed by atoms with Crippen LogP contribution in [0.1, 0.15) is 55.6 Å². The van der Waals surface area contributed by atoms with Crippen molar-refractivity contribution in [1.29, 1.82) is 0 Å². The molecule has 0 saturated carbocycles. The van der Waals surface area contributed by atoms with E-state index in [4.69, 9.17) is 0 Å². The molecule has 0 saturated heterocycles. The number of carbonyl (C=O) groups excluding carboxylic acids is 1. The summed E-state index contributed by atoms with van der Waals surface area (Å²) in [4.78, 5) is 25.1. The summed E-state index contributed by atoms with van der Waals surface area (Å²) >= 11 is 0. The lowest BCUT2D eigenvalue weighted by atomic mass is 10.1. The Morgan fingerprint density at radius 2 is 2.23 bits per heavy atom. The second-order valence-corrected chi connectivity index (χ2v) is 6.31. The second-order valence-electron chi connectivity index (χ2n) is 6.31. The van der Waals surface area contributed by atoms with Crippen LogP contribution in [0.25, 0.3) is 10.9 Å². The number of pyridine rings is 1. The van der Waals surface area contributed by atoms with E-state index in [-0.39, 0.29) is 29.0 Å². The molecule has 4 heteroatoms. The van der Waals surface area contributed by atoms with Crippen LogP contribution in [-0.4, -0.2) is 16.5 Å². The normalized spacial score (nSPS) is 17.7. The first-order valence-electron chi connectivity index (χ1n) is 8.00. The molecule has 1 aromatic heterocycles. The summed E-state index contributed by atoms with van der Waals surface area (Å²) in [5.41, 5.74) is 2.26. The highest BCUT2D eigenvalue weighted by molar-refractivity contribution is 5.98. The topological polar surface area (TPSA) is 51.1 Å². The summed E-state index contributed by atoms with van der Waals surface area (Å²) in [6.07, 6.45) is 4.56. The summed E-state index contributed by atoms with van der Waals surface area (Å²) in [6.45, 7) is 6.17. The van der Waals surface area contributed by atoms with Gasteiger partial charge < -0.3 is 9.88 Å². The third kappa shape index (κ3) is 2.32. The van der Waals surface area contributed by atoms with Crippen molar-refractivity contribution in [2.75, 3.05) is 0 Å². The fraction of sp³-hybridized carbons (Fsp3) is 0.444. The Bertz CT molecular complexity index is 792. The lowest BCUT2D eigenvalue weighted by Gasteiger charge is -2.15. The number of amides is 1. The number of hydrogen-bond acceptors (Lipinski definition) is 2. The molecule has 116 valence electrons. The van der Waals surface area contributed by atoms with E-state index < -0.39 is 0 Å². The fourth-order valence-electron chi connectivity index (χ4n) is 3.38. The van der Waals surface area contributed by atoms with Crippen molar-refractivity contribution in [2.45, 2.75) is 52.1 Å². The van der Waals surface area contributed by atoms with Gasteiger partial charge in [-0.25, -0.2) is 0 Å². The highest BCUT2D eigenvalue weighted by atomic mass is 16.2. The van der Waals surface area contributed by atoms with Crippen molar-refractivity contribution in [3.8, 4) is 0 Å². The molecular weight excluding hydrogens is 276 g/mol. The molecule has 3 rings (SSSR count). The molecule has 0 radical (unpaired) electrons. The number of benzene rings is 1. The minimum Gasteiger partial charge on any atom is -0.349 e. The number of para-hydroxylation sites is 1. The quantitative estimate of drug-likeness (QED) is 0.943. The highest BCUT2D eigenvalue weighted by Crippen LogP contribution is 2.30. The van der Waals surface area contributed by atoms with Gasteiger partial charge in [-0.3, -0.25) is 9.59 Å². The molecule has 1 amide bonds. The van der Waals surface area contributed by atoms with E-state index >= 15 is 0 Å². The van der Waals surface area contributed by atoms with E-state index in [1.165, 1.54) is 5.56 Å². The number of aromatic nitrogens is 1. The van der Waals surface area contributed by atoms with Crippen molar-refractivity contribution in [2.24, 2.45) is 0 Å². The van der Waals surface area contributed by atoms with Crippen LogP contribution >= 0.6 is 0 Å². The van der Waals surface area contributed by atoms with Gasteiger partial charge in [-0.1, -0.05) is 25.5 Å². The Labute approximate surface area is 130 Å². The van der Waals surface area contributed by atoms with Crippen LogP contribution < -0.4 is 10.7 Å². The molecule has 0 spiro atoms. The van der Waals surface area contributed by atoms with Gasteiger partial charge in [0.25, 0.3) is 5.91 Å². The number of carbonyl (C=O) groups is 1. The molecule has 1 aliphatic heterocycles. The highest BCUT2D eigenvalue weighted by Gasteiger charge is 2.24. The molecule has 0 fully saturated rings. The molecule has 0 aliphatic carbocycles. The number of rotatable bonds is 4. The first-order chi connectivity index (χ1) is 10.5. The molecule has 0 bridgehead atoms. The monoisotopic (exact) mass is 298 g/mol. The van der Waals surface area contributed by atoms with Gasteiger partial charge in [0.05, 0.1) is 5.52 Å². The van der Waals surface area contributed by atoms with Gasteiger partial charge >= 0.3 is 0 Å². The lowest BCUT2D eigenvalue weighted by molar-refractivity contribution is 0.0936. The smallest absolute Gasteiger partial charge is 0.256 e. The Balaban J connectivity index is 2.08. The van der Waals surface area contributed by atoms with Crippen LogP contribution in [0.2, 0.25) is 0 Å². The lowest BCUT2D eigenvalue weighted by Crippen LogP contribution is -2.35. The van der Waals surface area contributed by atoms with E-state index in [1.807, 2.05) is 19.1 Å². The molecule has 22 heavy (non-hydrogen) atoms. The van der Waals surface area contributed by atoms with Crippen LogP contribution in [0.5, 0.6) is 0 Å². The predicted molar refractivity (Wildman–Crippen MR) is 88.5 cm³/mol. The molecule has 1 aromatic carbocycles. The van der Waals surface area contributed by atoms with E-state index in [0.717, 1.165) is 24.8 Å². The first-order valence-corrected chi connectivity index (χ1v) is 8.00. The average molecular weight is 298 g/mol. The van der Waals surface area contributed by atoms with E-state index in [2.05, 4.69) is 29.8 Å². The van der Waals surface area contributed by atoms with Gasteiger partial charge in [0.1, 0.15) is 5.56 Å². The molecule has 1 aliphatic rings. The van der Waals surface area contributed by atoms with Crippen molar-refractivity contribution in [3.05, 3.63) is 45.7 Å². The van der Waals surface area contributed by atoms with Crippen molar-refractivity contribution < 1.29 is 4.79 Å². The number of hydrogen-bond donors (Lipinski definition) is 1. The average Bonchev–Trinajstić information content (AvgIpc) is 2.79. The van der Waals surface area contributed by atoms with Gasteiger partial charge in [-0.15, -0.1) is 0 Å². The van der Waals surface area contributed by atoms with Crippen molar-refractivity contribution in [1.82, 2.24) is 9.88 Å². The van der Waals surface area contributed by atoms with Crippen molar-refractivity contribution >= 4 is 16.8 Å². The zero-order chi connectivity index (χ0) is 15.9. The summed E-state index contributed by atoms with van der Waals surface area (Å²) in [6, 6.07) is 6.14. The third-order valence-corrected chi connectivity index (χ3v) is 4.47. The van der Waals surface area contributed by atoms with E-state index in [9.17, 15) is 9.59 Å². The number of nitrogens with one attached hydrogen (secondary N) is 1. The molecule has 2 heterocycles. The summed E-state index contributed by atoms with van der Waals surface area (Å²) in [5, 5.41) is 3.58. The third-order valence-electron chi connectivity index (χ3n) is 4.47. The van der Waals surface area contributed by atoms with Gasteiger partial charge in [0, 0.05) is 23.7 Å². The number of nitrogens with zero attached hydrogens (tertiary/aromatic N) is 1. The van der Waals surface area contributed by atoms with Crippen LogP contribution in [0.15, 0.2) is 29.2 Å². The minimum absolute atomic E-state index is 0.0786. The first kappa shape index (κ1) is 14.8. The maximum atomic E-state index is 12.7. The molecule has 2 unspecified atom stereocenters. The van der Waals surface area contributed by atoms with Crippen LogP contribution in [0, 0.1) is 0 Å². The second kappa shape index (κ2) is 5.59. The predicted octanol–water partition coefficient (Wildman–Crippen LogP) is 3.04. The maximum Gasteiger partial charge on any atom is 0.256 e. The minimum atomic E-state index is -0.263. The molecule has 2 aromatic rings. The standard InChI is InChI=1S/C18H22N2O2/c1-4-6-11(2)19-18(22)15-10-20-12(3)9-13-7-5-8-14(16(13)20)17(15)21/h5,7-8,10-12H,4,6,9H2,1-3H3,(H,19,22). The Morgan fingerprint density at radius 3 is 2.95 bits per heavy atom. The largest absolute Gasteiger partial charge is 0.349 e. The maximum absolute atomic E-state index is 12.7. The van der Waals surface area contributed by atoms with Gasteiger partial charge in [0.2, 0.25) is 5.43 Å². The molecular formula is C18H22N2O2. The van der Waals surface area contributed by atoms with Crippen LogP contribution in [0.3, 0.4) is 0 Å². The Kier molecular flexibility index (Phi) is 3.77. The van der Waals surface area contributed by atoms with E-state index in [1.54, 1.807) is 6.20 Å². The van der Waals surface area contributed by atoms with Gasteiger partial charge in [-0.2, -0.15) is 0 Å². The summed E-state index contributed by atoms with van der Waals surface area (Å²) < 4.78 is 2.07. The van der Waals surface area contributed by atoms with Crippen LogP contribution in [0.4, 0.5) is 0 Å². The van der Waals surface area contributed by atoms with E-state index in [0.29, 0.717) is 5.39 Å². The van der Waals surface area contributed by atoms with Crippen molar-refractivity contribution in [3.63, 3.8) is 0 Å². The van der Waals surface area contributed by atoms with Gasteiger partial charge in [-0.05, 0) is 38.3 Å². The van der Waals surface area contributed by atoms with Crippen LogP contribution in [-0.2, 0) is 6.42 Å². The molecule has 2 atom stereocenters. The Hall–Kier alpha value is -2.10.